The summed E-state index contributed by atoms with van der Waals surface area (Å²) in [7, 11) is 2.92. The van der Waals surface area contributed by atoms with Crippen LogP contribution in [-0.2, 0) is 16.1 Å². The third-order valence-electron chi connectivity index (χ3n) is 2.85. The molecule has 1 N–H and O–H groups in total. The van der Waals surface area contributed by atoms with Crippen molar-refractivity contribution in [2.45, 2.75) is 32.9 Å². The molecule has 1 atom stereocenters. The fourth-order valence-corrected chi connectivity index (χ4v) is 1.79. The van der Waals surface area contributed by atoms with Crippen molar-refractivity contribution in [2.24, 2.45) is 0 Å². The van der Waals surface area contributed by atoms with Gasteiger partial charge in [0.05, 0.1) is 14.2 Å². The van der Waals surface area contributed by atoms with Crippen LogP contribution in [0.2, 0.25) is 0 Å². The fourth-order valence-electron chi connectivity index (χ4n) is 1.79. The van der Waals surface area contributed by atoms with Crippen molar-refractivity contribution in [1.82, 2.24) is 5.32 Å². The highest BCUT2D eigenvalue weighted by molar-refractivity contribution is 5.74. The molecule has 1 rings (SSSR count). The van der Waals surface area contributed by atoms with Gasteiger partial charge in [-0.3, -0.25) is 0 Å². The second-order valence-electron chi connectivity index (χ2n) is 4.41. The Labute approximate surface area is 120 Å². The average molecular weight is 281 g/mol. The molecule has 0 aliphatic rings. The van der Waals surface area contributed by atoms with Crippen molar-refractivity contribution in [3.8, 4) is 11.5 Å². The molecule has 0 radical (unpaired) electrons. The van der Waals surface area contributed by atoms with E-state index in [4.69, 9.17) is 9.47 Å². The number of methoxy groups -OCH3 is 2. The van der Waals surface area contributed by atoms with Crippen LogP contribution in [0.4, 0.5) is 0 Å². The van der Waals surface area contributed by atoms with Gasteiger partial charge in [0.2, 0.25) is 0 Å². The van der Waals surface area contributed by atoms with E-state index >= 15 is 0 Å². The number of ether oxygens (including phenoxy) is 3. The number of hydrogen-bond donors (Lipinski definition) is 1. The van der Waals surface area contributed by atoms with Gasteiger partial charge < -0.3 is 19.5 Å². The van der Waals surface area contributed by atoms with Gasteiger partial charge in [-0.05, 0) is 26.0 Å². The van der Waals surface area contributed by atoms with Gasteiger partial charge in [0.15, 0.2) is 17.6 Å². The van der Waals surface area contributed by atoms with Gasteiger partial charge in [-0.15, -0.1) is 0 Å². The number of benzene rings is 1. The van der Waals surface area contributed by atoms with Crippen LogP contribution < -0.4 is 14.8 Å². The molecule has 1 aromatic rings. The van der Waals surface area contributed by atoms with Crippen LogP contribution >= 0.6 is 0 Å². The Bertz CT molecular complexity index is 434. The maximum absolute atomic E-state index is 11.5. The van der Waals surface area contributed by atoms with Crippen LogP contribution in [0, 0.1) is 0 Å². The zero-order chi connectivity index (χ0) is 15.0. The number of carbonyl (C=O) groups is 1. The van der Waals surface area contributed by atoms with E-state index in [-0.39, 0.29) is 0 Å². The third-order valence-corrected chi connectivity index (χ3v) is 2.85. The minimum atomic E-state index is -0.679. The van der Waals surface area contributed by atoms with Gasteiger partial charge >= 0.3 is 5.97 Å². The molecule has 1 aromatic carbocycles. The van der Waals surface area contributed by atoms with Crippen molar-refractivity contribution in [3.63, 3.8) is 0 Å². The summed E-state index contributed by atoms with van der Waals surface area (Å²) in [6.45, 7) is 5.34. The molecule has 0 amide bonds. The Morgan fingerprint density at radius 3 is 2.70 bits per heavy atom. The Balaban J connectivity index is 2.91. The van der Waals surface area contributed by atoms with Gasteiger partial charge in [-0.2, -0.15) is 0 Å². The van der Waals surface area contributed by atoms with Crippen LogP contribution in [0.15, 0.2) is 18.2 Å². The number of carbonyl (C=O) groups excluding carboxylic acids is 1. The third kappa shape index (κ3) is 4.42. The zero-order valence-corrected chi connectivity index (χ0v) is 12.6. The van der Waals surface area contributed by atoms with E-state index in [1.807, 2.05) is 18.2 Å². The van der Waals surface area contributed by atoms with Crippen LogP contribution in [0.3, 0.4) is 0 Å². The van der Waals surface area contributed by atoms with E-state index < -0.39 is 12.1 Å². The molecule has 1 unspecified atom stereocenters. The predicted molar refractivity (Wildman–Crippen MR) is 77.1 cm³/mol. The second-order valence-corrected chi connectivity index (χ2v) is 4.41. The number of nitrogens with one attached hydrogen (secondary N) is 1. The minimum Gasteiger partial charge on any atom is -0.493 e. The van der Waals surface area contributed by atoms with Crippen LogP contribution in [-0.4, -0.2) is 32.8 Å². The van der Waals surface area contributed by atoms with Gasteiger partial charge in [0.25, 0.3) is 0 Å². The lowest BCUT2D eigenvalue weighted by Gasteiger charge is -2.18. The smallest absolute Gasteiger partial charge is 0.346 e. The van der Waals surface area contributed by atoms with E-state index in [1.165, 1.54) is 7.11 Å². The Morgan fingerprint density at radius 1 is 1.35 bits per heavy atom. The Hall–Kier alpha value is -1.75. The molecular weight excluding hydrogens is 258 g/mol. The van der Waals surface area contributed by atoms with Crippen molar-refractivity contribution >= 4 is 5.97 Å². The largest absolute Gasteiger partial charge is 0.493 e. The first kappa shape index (κ1) is 16.3. The summed E-state index contributed by atoms with van der Waals surface area (Å²) in [4.78, 5) is 11.5. The number of rotatable bonds is 8. The summed E-state index contributed by atoms with van der Waals surface area (Å²) in [5, 5.41) is 3.31. The molecule has 0 heterocycles. The summed E-state index contributed by atoms with van der Waals surface area (Å²) in [6, 6.07) is 5.66. The lowest BCUT2D eigenvalue weighted by atomic mass is 10.1. The molecule has 0 aliphatic heterocycles. The van der Waals surface area contributed by atoms with E-state index in [0.717, 1.165) is 18.5 Å². The lowest BCUT2D eigenvalue weighted by molar-refractivity contribution is -0.147. The van der Waals surface area contributed by atoms with Crippen molar-refractivity contribution in [2.75, 3.05) is 20.8 Å². The molecule has 0 aliphatic carbocycles. The van der Waals surface area contributed by atoms with E-state index in [0.29, 0.717) is 18.0 Å². The highest BCUT2D eigenvalue weighted by Crippen LogP contribution is 2.32. The van der Waals surface area contributed by atoms with Gasteiger partial charge in [-0.1, -0.05) is 19.1 Å². The van der Waals surface area contributed by atoms with Crippen LogP contribution in [0.5, 0.6) is 11.5 Å². The summed E-state index contributed by atoms with van der Waals surface area (Å²) in [5.41, 5.74) is 0.952. The molecule has 0 bridgehead atoms. The summed E-state index contributed by atoms with van der Waals surface area (Å²) in [5.74, 6) is 0.774. The highest BCUT2D eigenvalue weighted by Gasteiger charge is 2.19. The first-order valence-electron chi connectivity index (χ1n) is 6.75. The maximum Gasteiger partial charge on any atom is 0.346 e. The van der Waals surface area contributed by atoms with Crippen LogP contribution in [0.1, 0.15) is 25.8 Å². The van der Waals surface area contributed by atoms with E-state index in [1.54, 1.807) is 14.0 Å². The molecule has 0 fully saturated rings. The fraction of sp³-hybridized carbons (Fsp3) is 0.533. The average Bonchev–Trinajstić information content (AvgIpc) is 2.47. The summed E-state index contributed by atoms with van der Waals surface area (Å²) >= 11 is 0. The van der Waals surface area contributed by atoms with Crippen molar-refractivity contribution < 1.29 is 19.0 Å². The SMILES string of the molecule is CCCNCc1cccc(OC)c1OC(C)C(=O)OC. The van der Waals surface area contributed by atoms with Crippen molar-refractivity contribution in [1.29, 1.82) is 0 Å². The molecule has 0 aromatic heterocycles. The van der Waals surface area contributed by atoms with Gasteiger partial charge in [-0.25, -0.2) is 4.79 Å². The minimum absolute atomic E-state index is 0.414. The van der Waals surface area contributed by atoms with Crippen LogP contribution in [0.25, 0.3) is 0 Å². The summed E-state index contributed by atoms with van der Waals surface area (Å²) in [6.07, 6.45) is 0.375. The molecule has 112 valence electrons. The first-order chi connectivity index (χ1) is 9.63. The summed E-state index contributed by atoms with van der Waals surface area (Å²) < 4.78 is 15.7. The predicted octanol–water partition coefficient (Wildman–Crippen LogP) is 2.14. The first-order valence-corrected chi connectivity index (χ1v) is 6.75. The van der Waals surface area contributed by atoms with E-state index in [9.17, 15) is 4.79 Å². The molecule has 20 heavy (non-hydrogen) atoms. The molecular formula is C15H23NO4. The maximum atomic E-state index is 11.5. The Kier molecular flexibility index (Phi) is 6.87. The monoisotopic (exact) mass is 281 g/mol. The molecule has 5 heteroatoms. The molecule has 0 spiro atoms. The van der Waals surface area contributed by atoms with Gasteiger partial charge in [0, 0.05) is 12.1 Å². The molecule has 5 nitrogen and oxygen atoms in total. The quantitative estimate of drug-likeness (QED) is 0.584. The molecule has 0 saturated carbocycles. The standard InChI is InChI=1S/C15H23NO4/c1-5-9-16-10-12-7-6-8-13(18-3)14(12)20-11(2)15(17)19-4/h6-8,11,16H,5,9-10H2,1-4H3. The van der Waals surface area contributed by atoms with E-state index in [2.05, 4.69) is 17.0 Å². The molecule has 0 saturated heterocycles. The number of para-hydroxylation sites is 1. The van der Waals surface area contributed by atoms with Gasteiger partial charge in [0.1, 0.15) is 0 Å². The van der Waals surface area contributed by atoms with Crippen molar-refractivity contribution in [3.05, 3.63) is 23.8 Å². The number of hydrogen-bond acceptors (Lipinski definition) is 5. The zero-order valence-electron chi connectivity index (χ0n) is 12.6. The number of esters is 1. The Morgan fingerprint density at radius 2 is 2.10 bits per heavy atom. The normalized spacial score (nSPS) is 11.8. The topological polar surface area (TPSA) is 56.8 Å². The highest BCUT2D eigenvalue weighted by atomic mass is 16.6. The lowest BCUT2D eigenvalue weighted by Crippen LogP contribution is -2.26. The second kappa shape index (κ2) is 8.43.